The molecular weight excluding hydrogens is 352 g/mol. The van der Waals surface area contributed by atoms with Gasteiger partial charge >= 0.3 is 11.9 Å². The maximum absolute atomic E-state index is 12.7. The van der Waals surface area contributed by atoms with Crippen LogP contribution in [0.4, 0.5) is 0 Å². The Bertz CT molecular complexity index is 728. The number of carbonyl (C=O) groups excluding carboxylic acids is 2. The van der Waals surface area contributed by atoms with Gasteiger partial charge in [-0.15, -0.1) is 0 Å². The van der Waals surface area contributed by atoms with Crippen LogP contribution < -0.4 is 0 Å². The van der Waals surface area contributed by atoms with E-state index in [2.05, 4.69) is 6.58 Å². The molecular formula is C20H26O7. The molecule has 3 aliphatic heterocycles. The van der Waals surface area contributed by atoms with Crippen LogP contribution in [-0.4, -0.2) is 59.3 Å². The first-order valence-corrected chi connectivity index (χ1v) is 9.45. The Morgan fingerprint density at radius 2 is 2.15 bits per heavy atom. The number of hydrogen-bond acceptors (Lipinski definition) is 7. The first-order valence-electron chi connectivity index (χ1n) is 9.45. The number of fused-ring (bicyclic) bond motifs is 2. The van der Waals surface area contributed by atoms with Gasteiger partial charge in [0.1, 0.15) is 17.8 Å². The standard InChI is InChI=1S/C20H26O7/c1-10-5-6-15-20(9-21,27-15)8-14(25-18(23)19(4)12(3)26-19)16-11(2)17(22)24-13(16)7-10/h7,12-16,21H,2,5-6,8-9H2,1,3-4H3/b10-7-/t12-,13+,14+,15+,16-,19-,20-/m0/s1. The minimum absolute atomic E-state index is 0.0958. The van der Waals surface area contributed by atoms with Gasteiger partial charge in [0, 0.05) is 12.0 Å². The first-order chi connectivity index (χ1) is 12.7. The topological polar surface area (TPSA) is 97.9 Å². The fourth-order valence-electron chi connectivity index (χ4n) is 4.24. The lowest BCUT2D eigenvalue weighted by Gasteiger charge is -2.29. The van der Waals surface area contributed by atoms with Gasteiger partial charge in [0.25, 0.3) is 0 Å². The third-order valence-corrected chi connectivity index (χ3v) is 6.44. The number of carbonyl (C=O) groups is 2. The molecule has 1 aliphatic carbocycles. The molecule has 0 aromatic heterocycles. The molecule has 3 heterocycles. The Kier molecular flexibility index (Phi) is 4.25. The van der Waals surface area contributed by atoms with E-state index >= 15 is 0 Å². The van der Waals surface area contributed by atoms with Crippen LogP contribution in [0.5, 0.6) is 0 Å². The van der Waals surface area contributed by atoms with Crippen molar-refractivity contribution in [2.75, 3.05) is 6.61 Å². The van der Waals surface area contributed by atoms with Crippen molar-refractivity contribution in [1.29, 1.82) is 0 Å². The van der Waals surface area contributed by atoms with Crippen LogP contribution in [0.25, 0.3) is 0 Å². The third kappa shape index (κ3) is 3.02. The summed E-state index contributed by atoms with van der Waals surface area (Å²) in [7, 11) is 0. The summed E-state index contributed by atoms with van der Waals surface area (Å²) in [5, 5.41) is 9.94. The van der Waals surface area contributed by atoms with Crippen LogP contribution in [-0.2, 0) is 28.5 Å². The van der Waals surface area contributed by atoms with Gasteiger partial charge < -0.3 is 24.1 Å². The molecule has 0 spiro atoms. The molecule has 0 aromatic rings. The van der Waals surface area contributed by atoms with E-state index in [0.29, 0.717) is 0 Å². The molecule has 4 rings (SSSR count). The van der Waals surface area contributed by atoms with Crippen LogP contribution in [0.3, 0.4) is 0 Å². The van der Waals surface area contributed by atoms with Crippen molar-refractivity contribution >= 4 is 11.9 Å². The van der Waals surface area contributed by atoms with E-state index in [-0.39, 0.29) is 30.8 Å². The smallest absolute Gasteiger partial charge is 0.341 e. The SMILES string of the molecule is C=C1C(=O)O[C@@H]2/C=C(/C)CC[C@H]3O[C@]3(CO)C[C@@H](OC(=O)[C@@]3(C)O[C@H]3C)[C@@H]12. The van der Waals surface area contributed by atoms with Crippen LogP contribution in [0, 0.1) is 5.92 Å². The van der Waals surface area contributed by atoms with Gasteiger partial charge in [-0.2, -0.15) is 0 Å². The van der Waals surface area contributed by atoms with Gasteiger partial charge in [-0.25, -0.2) is 9.59 Å². The van der Waals surface area contributed by atoms with Crippen molar-refractivity contribution in [3.05, 3.63) is 23.8 Å². The number of allylic oxidation sites excluding steroid dienone is 1. The maximum Gasteiger partial charge on any atom is 0.341 e. The lowest BCUT2D eigenvalue weighted by Crippen LogP contribution is -2.41. The van der Waals surface area contributed by atoms with Gasteiger partial charge in [0.2, 0.25) is 0 Å². The van der Waals surface area contributed by atoms with Crippen LogP contribution in [0.15, 0.2) is 23.8 Å². The highest BCUT2D eigenvalue weighted by Crippen LogP contribution is 2.48. The molecule has 1 N–H and O–H groups in total. The van der Waals surface area contributed by atoms with Crippen LogP contribution >= 0.6 is 0 Å². The lowest BCUT2D eigenvalue weighted by molar-refractivity contribution is -0.159. The summed E-state index contributed by atoms with van der Waals surface area (Å²) in [6.45, 7) is 9.17. The van der Waals surface area contributed by atoms with Gasteiger partial charge in [0.05, 0.1) is 24.7 Å². The van der Waals surface area contributed by atoms with Crippen molar-refractivity contribution < 1.29 is 33.6 Å². The number of aliphatic hydroxyl groups excluding tert-OH is 1. The van der Waals surface area contributed by atoms with E-state index in [4.69, 9.17) is 18.9 Å². The van der Waals surface area contributed by atoms with Crippen LogP contribution in [0.2, 0.25) is 0 Å². The van der Waals surface area contributed by atoms with Gasteiger partial charge in [0.15, 0.2) is 5.60 Å². The number of hydrogen-bond donors (Lipinski definition) is 1. The zero-order chi connectivity index (χ0) is 19.6. The molecule has 3 saturated heterocycles. The molecule has 0 amide bonds. The van der Waals surface area contributed by atoms with Crippen molar-refractivity contribution in [3.63, 3.8) is 0 Å². The fourth-order valence-corrected chi connectivity index (χ4v) is 4.24. The summed E-state index contributed by atoms with van der Waals surface area (Å²) < 4.78 is 22.5. The van der Waals surface area contributed by atoms with Gasteiger partial charge in [-0.05, 0) is 39.7 Å². The molecule has 7 heteroatoms. The van der Waals surface area contributed by atoms with E-state index in [1.165, 1.54) is 0 Å². The highest BCUT2D eigenvalue weighted by molar-refractivity contribution is 5.91. The number of aliphatic hydroxyl groups is 1. The van der Waals surface area contributed by atoms with Gasteiger partial charge in [-0.3, -0.25) is 0 Å². The van der Waals surface area contributed by atoms with Gasteiger partial charge in [-0.1, -0.05) is 12.2 Å². The Balaban J connectivity index is 1.67. The zero-order valence-electron chi connectivity index (χ0n) is 15.9. The Hall–Kier alpha value is -1.70. The van der Waals surface area contributed by atoms with E-state index in [1.54, 1.807) is 13.8 Å². The number of ether oxygens (including phenoxy) is 4. The minimum Gasteiger partial charge on any atom is -0.459 e. The number of epoxide rings is 2. The molecule has 3 fully saturated rings. The molecule has 7 nitrogen and oxygen atoms in total. The summed E-state index contributed by atoms with van der Waals surface area (Å²) in [6.07, 6.45) is 2.18. The molecule has 0 radical (unpaired) electrons. The molecule has 0 bridgehead atoms. The Labute approximate surface area is 158 Å². The summed E-state index contributed by atoms with van der Waals surface area (Å²) in [5.74, 6) is -1.47. The lowest BCUT2D eigenvalue weighted by atomic mass is 9.82. The Morgan fingerprint density at radius 1 is 1.44 bits per heavy atom. The van der Waals surface area contributed by atoms with Crippen molar-refractivity contribution in [3.8, 4) is 0 Å². The predicted octanol–water partition coefficient (Wildman–Crippen LogP) is 1.43. The predicted molar refractivity (Wildman–Crippen MR) is 93.6 cm³/mol. The molecule has 0 saturated carbocycles. The average molecular weight is 378 g/mol. The largest absolute Gasteiger partial charge is 0.459 e. The normalized spacial score (nSPS) is 47.9. The molecule has 4 aliphatic rings. The molecule has 7 atom stereocenters. The van der Waals surface area contributed by atoms with E-state index < -0.39 is 41.3 Å². The molecule has 0 aromatic carbocycles. The Morgan fingerprint density at radius 3 is 2.78 bits per heavy atom. The quantitative estimate of drug-likeness (QED) is 0.343. The third-order valence-electron chi connectivity index (χ3n) is 6.44. The summed E-state index contributed by atoms with van der Waals surface area (Å²) >= 11 is 0. The summed E-state index contributed by atoms with van der Waals surface area (Å²) in [5.41, 5.74) is -0.386. The second-order valence-corrected chi connectivity index (χ2v) is 8.32. The fraction of sp³-hybridized carbons (Fsp3) is 0.700. The van der Waals surface area contributed by atoms with E-state index in [9.17, 15) is 14.7 Å². The second-order valence-electron chi connectivity index (χ2n) is 8.32. The zero-order valence-corrected chi connectivity index (χ0v) is 15.9. The molecule has 148 valence electrons. The van der Waals surface area contributed by atoms with E-state index in [0.717, 1.165) is 18.4 Å². The van der Waals surface area contributed by atoms with Crippen molar-refractivity contribution in [1.82, 2.24) is 0 Å². The van der Waals surface area contributed by atoms with Crippen LogP contribution in [0.1, 0.15) is 40.0 Å². The molecule has 27 heavy (non-hydrogen) atoms. The number of esters is 2. The summed E-state index contributed by atoms with van der Waals surface area (Å²) in [6, 6.07) is 0. The summed E-state index contributed by atoms with van der Waals surface area (Å²) in [4.78, 5) is 24.9. The highest BCUT2D eigenvalue weighted by atomic mass is 16.7. The minimum atomic E-state index is -0.975. The van der Waals surface area contributed by atoms with E-state index in [1.807, 2.05) is 13.0 Å². The first kappa shape index (κ1) is 18.7. The van der Waals surface area contributed by atoms with Crippen molar-refractivity contribution in [2.24, 2.45) is 5.92 Å². The van der Waals surface area contributed by atoms with Crippen molar-refractivity contribution in [2.45, 2.75) is 75.7 Å². The highest BCUT2D eigenvalue weighted by Gasteiger charge is 2.62. The average Bonchev–Trinajstić information content (AvgIpc) is 3.45. The maximum atomic E-state index is 12.7. The monoisotopic (exact) mass is 378 g/mol. The second kappa shape index (κ2) is 6.15. The number of rotatable bonds is 3. The molecule has 0 unspecified atom stereocenters.